The number of rotatable bonds is 7. The fourth-order valence-corrected chi connectivity index (χ4v) is 1.40. The summed E-state index contributed by atoms with van der Waals surface area (Å²) in [4.78, 5) is 14.2. The number of hydrogen-bond acceptors (Lipinski definition) is 3. The highest BCUT2D eigenvalue weighted by Gasteiger charge is 2.08. The number of amides is 1. The standard InChI is InChI=1S/C13H23N3O/c1-6-7-13(14)11(2)8-15(4)9-12(3)16(5)10-17/h6-8,10,12,14H,9H2,1-5H3/b7-6-,11-8+,14-13?/t12-/m0/s1. The first-order valence-electron chi connectivity index (χ1n) is 5.69. The third kappa shape index (κ3) is 5.90. The van der Waals surface area contributed by atoms with Crippen LogP contribution in [-0.4, -0.2) is 48.6 Å². The molecule has 0 aliphatic heterocycles. The zero-order valence-electron chi connectivity index (χ0n) is 11.4. The SMILES string of the molecule is C/C=C\C(=N)/C(C)=C/N(C)C[C@H](C)N(C)C=O. The zero-order valence-corrected chi connectivity index (χ0v) is 11.4. The Morgan fingerprint density at radius 3 is 2.47 bits per heavy atom. The highest BCUT2D eigenvalue weighted by Crippen LogP contribution is 2.02. The van der Waals surface area contributed by atoms with Crippen LogP contribution in [0.4, 0.5) is 0 Å². The van der Waals surface area contributed by atoms with Crippen LogP contribution in [0, 0.1) is 5.41 Å². The Labute approximate surface area is 104 Å². The van der Waals surface area contributed by atoms with Crippen molar-refractivity contribution in [1.82, 2.24) is 9.80 Å². The van der Waals surface area contributed by atoms with E-state index < -0.39 is 0 Å². The van der Waals surface area contributed by atoms with E-state index in [0.717, 1.165) is 18.5 Å². The molecule has 0 aliphatic carbocycles. The lowest BCUT2D eigenvalue weighted by Gasteiger charge is -2.25. The summed E-state index contributed by atoms with van der Waals surface area (Å²) in [5, 5.41) is 7.74. The van der Waals surface area contributed by atoms with Gasteiger partial charge in [-0.1, -0.05) is 6.08 Å². The second-order valence-corrected chi connectivity index (χ2v) is 4.29. The topological polar surface area (TPSA) is 47.4 Å². The Morgan fingerprint density at radius 2 is 2.00 bits per heavy atom. The monoisotopic (exact) mass is 237 g/mol. The number of carbonyl (C=O) groups is 1. The number of nitrogens with zero attached hydrogens (tertiary/aromatic N) is 2. The van der Waals surface area contributed by atoms with Gasteiger partial charge in [0.1, 0.15) is 0 Å². The van der Waals surface area contributed by atoms with Gasteiger partial charge in [-0.15, -0.1) is 0 Å². The molecular formula is C13H23N3O. The van der Waals surface area contributed by atoms with E-state index in [2.05, 4.69) is 0 Å². The van der Waals surface area contributed by atoms with Crippen LogP contribution in [0.1, 0.15) is 20.8 Å². The van der Waals surface area contributed by atoms with Gasteiger partial charge in [0.05, 0.1) is 5.71 Å². The molecule has 0 bridgehead atoms. The summed E-state index contributed by atoms with van der Waals surface area (Å²) in [6.45, 7) is 6.54. The molecule has 0 rings (SSSR count). The van der Waals surface area contributed by atoms with Gasteiger partial charge in [-0.2, -0.15) is 0 Å². The van der Waals surface area contributed by atoms with E-state index in [9.17, 15) is 4.79 Å². The molecule has 0 aromatic heterocycles. The summed E-state index contributed by atoms with van der Waals surface area (Å²) in [7, 11) is 3.71. The Bertz CT molecular complexity index is 321. The summed E-state index contributed by atoms with van der Waals surface area (Å²) in [5.74, 6) is 0. The Kier molecular flexibility index (Phi) is 6.94. The van der Waals surface area contributed by atoms with Crippen molar-refractivity contribution in [2.24, 2.45) is 0 Å². The molecule has 1 N–H and O–H groups in total. The van der Waals surface area contributed by atoms with Crippen molar-refractivity contribution < 1.29 is 4.79 Å². The summed E-state index contributed by atoms with van der Waals surface area (Å²) in [5.41, 5.74) is 1.42. The van der Waals surface area contributed by atoms with Crippen LogP contribution >= 0.6 is 0 Å². The predicted molar refractivity (Wildman–Crippen MR) is 72.2 cm³/mol. The van der Waals surface area contributed by atoms with Crippen LogP contribution in [0.2, 0.25) is 0 Å². The third-order valence-electron chi connectivity index (χ3n) is 2.59. The molecule has 1 atom stereocenters. The zero-order chi connectivity index (χ0) is 13.4. The van der Waals surface area contributed by atoms with Gasteiger partial charge in [-0.25, -0.2) is 0 Å². The minimum absolute atomic E-state index is 0.150. The molecule has 0 unspecified atom stereocenters. The molecule has 0 aromatic rings. The van der Waals surface area contributed by atoms with Crippen molar-refractivity contribution in [2.45, 2.75) is 26.8 Å². The van der Waals surface area contributed by atoms with E-state index in [1.807, 2.05) is 45.0 Å². The van der Waals surface area contributed by atoms with Gasteiger partial charge >= 0.3 is 0 Å². The molecule has 0 fully saturated rings. The number of likely N-dealkylation sites (N-methyl/N-ethyl adjacent to an activating group) is 2. The van der Waals surface area contributed by atoms with Gasteiger partial charge in [0.2, 0.25) is 6.41 Å². The van der Waals surface area contributed by atoms with Gasteiger partial charge in [0.15, 0.2) is 0 Å². The normalized spacial score (nSPS) is 13.6. The minimum atomic E-state index is 0.150. The van der Waals surface area contributed by atoms with E-state index >= 15 is 0 Å². The first-order valence-corrected chi connectivity index (χ1v) is 5.69. The number of allylic oxidation sites excluding steroid dienone is 3. The minimum Gasteiger partial charge on any atom is -0.378 e. The predicted octanol–water partition coefficient (Wildman–Crippen LogP) is 1.89. The molecular weight excluding hydrogens is 214 g/mol. The van der Waals surface area contributed by atoms with Crippen LogP contribution in [0.5, 0.6) is 0 Å². The van der Waals surface area contributed by atoms with Crippen LogP contribution in [0.3, 0.4) is 0 Å². The summed E-state index contributed by atoms with van der Waals surface area (Å²) < 4.78 is 0. The Balaban J connectivity index is 4.43. The van der Waals surface area contributed by atoms with Crippen molar-refractivity contribution >= 4 is 12.1 Å². The maximum atomic E-state index is 10.6. The first kappa shape index (κ1) is 15.4. The molecule has 4 heteroatoms. The van der Waals surface area contributed by atoms with Crippen molar-refractivity contribution in [3.8, 4) is 0 Å². The van der Waals surface area contributed by atoms with E-state index in [4.69, 9.17) is 5.41 Å². The number of carbonyl (C=O) groups excluding carboxylic acids is 1. The molecule has 96 valence electrons. The van der Waals surface area contributed by atoms with Crippen LogP contribution < -0.4 is 0 Å². The summed E-state index contributed by atoms with van der Waals surface area (Å²) in [6.07, 6.45) is 6.37. The van der Waals surface area contributed by atoms with Crippen LogP contribution in [0.15, 0.2) is 23.9 Å². The molecule has 17 heavy (non-hydrogen) atoms. The van der Waals surface area contributed by atoms with Gasteiger partial charge in [-0.3, -0.25) is 4.79 Å². The molecule has 4 nitrogen and oxygen atoms in total. The van der Waals surface area contributed by atoms with Crippen molar-refractivity contribution in [3.05, 3.63) is 23.9 Å². The summed E-state index contributed by atoms with van der Waals surface area (Å²) >= 11 is 0. The average Bonchev–Trinajstić information content (AvgIpc) is 2.27. The quantitative estimate of drug-likeness (QED) is 0.543. The first-order chi connectivity index (χ1) is 7.92. The maximum Gasteiger partial charge on any atom is 0.209 e. The lowest BCUT2D eigenvalue weighted by atomic mass is 10.2. The summed E-state index contributed by atoms with van der Waals surface area (Å²) in [6, 6.07) is 0.150. The molecule has 0 saturated heterocycles. The lowest BCUT2D eigenvalue weighted by molar-refractivity contribution is -0.118. The Hall–Kier alpha value is -1.58. The average molecular weight is 237 g/mol. The van der Waals surface area contributed by atoms with Gasteiger partial charge < -0.3 is 15.2 Å². The van der Waals surface area contributed by atoms with Gasteiger partial charge in [-0.05, 0) is 32.4 Å². The van der Waals surface area contributed by atoms with Crippen molar-refractivity contribution in [3.63, 3.8) is 0 Å². The van der Waals surface area contributed by atoms with E-state index in [-0.39, 0.29) is 6.04 Å². The highest BCUT2D eigenvalue weighted by atomic mass is 16.1. The third-order valence-corrected chi connectivity index (χ3v) is 2.59. The number of hydrogen-bond donors (Lipinski definition) is 1. The van der Waals surface area contributed by atoms with Crippen molar-refractivity contribution in [2.75, 3.05) is 20.6 Å². The van der Waals surface area contributed by atoms with Crippen LogP contribution in [0.25, 0.3) is 0 Å². The fourth-order valence-electron chi connectivity index (χ4n) is 1.40. The second kappa shape index (κ2) is 7.65. The largest absolute Gasteiger partial charge is 0.378 e. The molecule has 0 aromatic carbocycles. The van der Waals surface area contributed by atoms with E-state index in [1.165, 1.54) is 0 Å². The molecule has 0 heterocycles. The Morgan fingerprint density at radius 1 is 1.41 bits per heavy atom. The molecule has 0 aliphatic rings. The molecule has 1 amide bonds. The smallest absolute Gasteiger partial charge is 0.209 e. The molecule has 0 spiro atoms. The van der Waals surface area contributed by atoms with Gasteiger partial charge in [0, 0.05) is 32.9 Å². The lowest BCUT2D eigenvalue weighted by Crippen LogP contribution is -2.36. The fraction of sp³-hybridized carbons (Fsp3) is 0.538. The van der Waals surface area contributed by atoms with E-state index in [0.29, 0.717) is 5.71 Å². The van der Waals surface area contributed by atoms with Gasteiger partial charge in [0.25, 0.3) is 0 Å². The maximum absolute atomic E-state index is 10.6. The van der Waals surface area contributed by atoms with Crippen LogP contribution in [-0.2, 0) is 4.79 Å². The molecule has 0 radical (unpaired) electrons. The molecule has 0 saturated carbocycles. The van der Waals surface area contributed by atoms with E-state index in [1.54, 1.807) is 18.0 Å². The van der Waals surface area contributed by atoms with Crippen molar-refractivity contribution in [1.29, 1.82) is 5.41 Å². The number of nitrogens with one attached hydrogen (secondary N) is 1. The highest BCUT2D eigenvalue weighted by molar-refractivity contribution is 6.05. The second-order valence-electron chi connectivity index (χ2n) is 4.29.